The van der Waals surface area contributed by atoms with E-state index in [0.29, 0.717) is 15.9 Å². The molecule has 30 heavy (non-hydrogen) atoms. The van der Waals surface area contributed by atoms with Crippen LogP contribution in [0, 0.1) is 13.8 Å². The molecule has 158 valence electrons. The first-order chi connectivity index (χ1) is 14.4. The molecule has 1 aromatic carbocycles. The monoisotopic (exact) mass is 425 g/mol. The molecule has 3 aromatic rings. The number of aromatic nitrogens is 2. The van der Waals surface area contributed by atoms with E-state index in [4.69, 9.17) is 0 Å². The Morgan fingerprint density at radius 3 is 2.60 bits per heavy atom. The average molecular weight is 426 g/mol. The summed E-state index contributed by atoms with van der Waals surface area (Å²) < 4.78 is 3.16. The number of carbonyl (C=O) groups excluding carboxylic acids is 1. The smallest absolute Gasteiger partial charge is 0.336 e. The molecule has 1 amide bonds. The number of amides is 1. The maximum atomic E-state index is 13.5. The number of thiophene rings is 1. The number of nitrogens with zero attached hydrogens (tertiary/aromatic N) is 3. The van der Waals surface area contributed by atoms with Crippen LogP contribution in [0.1, 0.15) is 43.2 Å². The Kier molecular flexibility index (Phi) is 5.64. The van der Waals surface area contributed by atoms with Gasteiger partial charge in [0.1, 0.15) is 11.2 Å². The third-order valence-corrected chi connectivity index (χ3v) is 7.06. The lowest BCUT2D eigenvalue weighted by Gasteiger charge is -2.31. The highest BCUT2D eigenvalue weighted by atomic mass is 32.1. The summed E-state index contributed by atoms with van der Waals surface area (Å²) >= 11 is 1.30. The van der Waals surface area contributed by atoms with Gasteiger partial charge in [-0.25, -0.2) is 9.36 Å². The second-order valence-electron chi connectivity index (χ2n) is 8.23. The lowest BCUT2D eigenvalue weighted by Crippen LogP contribution is -2.44. The first-order valence-corrected chi connectivity index (χ1v) is 11.3. The molecular weight excluding hydrogens is 398 g/mol. The van der Waals surface area contributed by atoms with E-state index in [1.807, 2.05) is 39.1 Å². The van der Waals surface area contributed by atoms with Gasteiger partial charge < -0.3 is 4.90 Å². The number of aryl methyl sites for hydroxylation is 2. The van der Waals surface area contributed by atoms with Crippen molar-refractivity contribution in [3.05, 3.63) is 61.6 Å². The number of likely N-dealkylation sites (N-methyl/N-ethyl adjacent to an activating group) is 1. The molecule has 0 saturated heterocycles. The zero-order chi connectivity index (χ0) is 21.4. The summed E-state index contributed by atoms with van der Waals surface area (Å²) in [5, 5.41) is 1.80. The number of benzene rings is 1. The van der Waals surface area contributed by atoms with Gasteiger partial charge in [-0.05, 0) is 55.3 Å². The van der Waals surface area contributed by atoms with Crippen molar-refractivity contribution in [1.29, 1.82) is 0 Å². The van der Waals surface area contributed by atoms with Gasteiger partial charge in [0.15, 0.2) is 0 Å². The van der Waals surface area contributed by atoms with Crippen LogP contribution in [0.5, 0.6) is 0 Å². The molecule has 1 saturated carbocycles. The van der Waals surface area contributed by atoms with Crippen molar-refractivity contribution in [2.75, 3.05) is 7.05 Å². The summed E-state index contributed by atoms with van der Waals surface area (Å²) in [6.45, 7) is 3.74. The number of fused-ring (bicyclic) bond motifs is 1. The molecular formula is C23H27N3O3S. The summed E-state index contributed by atoms with van der Waals surface area (Å²) in [5.41, 5.74) is 2.11. The van der Waals surface area contributed by atoms with E-state index in [9.17, 15) is 14.4 Å². The minimum absolute atomic E-state index is 0.0653. The van der Waals surface area contributed by atoms with Gasteiger partial charge in [0, 0.05) is 13.1 Å². The molecule has 6 nitrogen and oxygen atoms in total. The van der Waals surface area contributed by atoms with Crippen LogP contribution in [0.2, 0.25) is 0 Å². The molecule has 0 N–H and O–H groups in total. The van der Waals surface area contributed by atoms with Crippen LogP contribution in [0.15, 0.2) is 39.2 Å². The molecule has 2 aromatic heterocycles. The highest BCUT2D eigenvalue weighted by Crippen LogP contribution is 2.23. The number of hydrogen-bond donors (Lipinski definition) is 0. The molecule has 0 radical (unpaired) electrons. The average Bonchev–Trinajstić information content (AvgIpc) is 3.24. The maximum absolute atomic E-state index is 13.5. The highest BCUT2D eigenvalue weighted by molar-refractivity contribution is 7.17. The molecule has 0 aliphatic heterocycles. The predicted octanol–water partition coefficient (Wildman–Crippen LogP) is 3.62. The summed E-state index contributed by atoms with van der Waals surface area (Å²) in [7, 11) is 1.83. The van der Waals surface area contributed by atoms with Crippen molar-refractivity contribution in [2.45, 2.75) is 58.5 Å². The Balaban J connectivity index is 1.81. The standard InChI is InChI=1S/C23H27N3O3S/c1-15-9-10-16(2)19(13-15)26-22(28)21-18(11-12-30-21)25(23(26)29)14-20(27)24(3)17-7-5-4-6-8-17/h9-13,17H,4-8,14H2,1-3H3. The van der Waals surface area contributed by atoms with Crippen molar-refractivity contribution in [3.63, 3.8) is 0 Å². The van der Waals surface area contributed by atoms with E-state index >= 15 is 0 Å². The maximum Gasteiger partial charge on any atom is 0.336 e. The number of rotatable bonds is 4. The fourth-order valence-corrected chi connectivity index (χ4v) is 5.16. The van der Waals surface area contributed by atoms with Crippen LogP contribution in [0.3, 0.4) is 0 Å². The zero-order valence-electron chi connectivity index (χ0n) is 17.7. The van der Waals surface area contributed by atoms with Gasteiger partial charge in [-0.3, -0.25) is 14.2 Å². The second-order valence-corrected chi connectivity index (χ2v) is 9.15. The van der Waals surface area contributed by atoms with Crippen LogP contribution in [0.4, 0.5) is 0 Å². The highest BCUT2D eigenvalue weighted by Gasteiger charge is 2.24. The third-order valence-electron chi connectivity index (χ3n) is 6.17. The molecule has 0 spiro atoms. The Hall–Kier alpha value is -2.67. The van der Waals surface area contributed by atoms with Gasteiger partial charge >= 0.3 is 5.69 Å². The molecule has 0 bridgehead atoms. The minimum atomic E-state index is -0.468. The van der Waals surface area contributed by atoms with Gasteiger partial charge in [-0.2, -0.15) is 0 Å². The molecule has 1 aliphatic rings. The molecule has 1 fully saturated rings. The summed E-state index contributed by atoms with van der Waals surface area (Å²) in [6.07, 6.45) is 5.50. The first-order valence-electron chi connectivity index (χ1n) is 10.4. The fraction of sp³-hybridized carbons (Fsp3) is 0.435. The molecule has 0 unspecified atom stereocenters. The predicted molar refractivity (Wildman–Crippen MR) is 121 cm³/mol. The summed E-state index contributed by atoms with van der Waals surface area (Å²) in [5.74, 6) is -0.0948. The van der Waals surface area contributed by atoms with Crippen molar-refractivity contribution < 1.29 is 4.79 Å². The molecule has 2 heterocycles. The van der Waals surface area contributed by atoms with Crippen LogP contribution >= 0.6 is 11.3 Å². The first kappa shape index (κ1) is 20.6. The summed E-state index contributed by atoms with van der Waals surface area (Å²) in [6, 6.07) is 7.68. The lowest BCUT2D eigenvalue weighted by atomic mass is 9.94. The Morgan fingerprint density at radius 2 is 1.87 bits per heavy atom. The van der Waals surface area contributed by atoms with Crippen LogP contribution in [0.25, 0.3) is 15.9 Å². The van der Waals surface area contributed by atoms with Gasteiger partial charge in [0.2, 0.25) is 5.91 Å². The van der Waals surface area contributed by atoms with Crippen LogP contribution in [-0.2, 0) is 11.3 Å². The van der Waals surface area contributed by atoms with E-state index in [2.05, 4.69) is 0 Å². The van der Waals surface area contributed by atoms with Gasteiger partial charge in [0.05, 0.1) is 11.2 Å². The Bertz CT molecular complexity index is 1210. The molecule has 1 aliphatic carbocycles. The van der Waals surface area contributed by atoms with Gasteiger partial charge in [-0.15, -0.1) is 11.3 Å². The van der Waals surface area contributed by atoms with Crippen molar-refractivity contribution in [1.82, 2.24) is 14.0 Å². The van der Waals surface area contributed by atoms with Crippen LogP contribution in [-0.4, -0.2) is 33.0 Å². The largest absolute Gasteiger partial charge is 0.341 e. The van der Waals surface area contributed by atoms with E-state index in [0.717, 1.165) is 36.8 Å². The fourth-order valence-electron chi connectivity index (χ4n) is 4.33. The third kappa shape index (κ3) is 3.62. The van der Waals surface area contributed by atoms with Gasteiger partial charge in [-0.1, -0.05) is 31.4 Å². The quantitative estimate of drug-likeness (QED) is 0.641. The van der Waals surface area contributed by atoms with E-state index in [1.165, 1.54) is 26.9 Å². The zero-order valence-corrected chi connectivity index (χ0v) is 18.5. The molecule has 7 heteroatoms. The molecule has 4 rings (SSSR count). The SMILES string of the molecule is Cc1ccc(C)c(-n2c(=O)c3sccc3n(CC(=O)N(C)C3CCCCC3)c2=O)c1. The van der Waals surface area contributed by atoms with Crippen molar-refractivity contribution in [2.24, 2.45) is 0 Å². The van der Waals surface area contributed by atoms with Crippen LogP contribution < -0.4 is 11.2 Å². The second kappa shape index (κ2) is 8.22. The Morgan fingerprint density at radius 1 is 1.13 bits per heavy atom. The lowest BCUT2D eigenvalue weighted by molar-refractivity contribution is -0.133. The van der Waals surface area contributed by atoms with Crippen molar-refractivity contribution in [3.8, 4) is 5.69 Å². The van der Waals surface area contributed by atoms with Crippen molar-refractivity contribution >= 4 is 27.5 Å². The Labute approximate surface area is 179 Å². The summed E-state index contributed by atoms with van der Waals surface area (Å²) in [4.78, 5) is 41.5. The topological polar surface area (TPSA) is 64.3 Å². The van der Waals surface area contributed by atoms with Gasteiger partial charge in [0.25, 0.3) is 5.56 Å². The van der Waals surface area contributed by atoms with E-state index in [-0.39, 0.29) is 24.1 Å². The van der Waals surface area contributed by atoms with E-state index < -0.39 is 5.69 Å². The molecule has 0 atom stereocenters. The normalized spacial score (nSPS) is 14.9. The van der Waals surface area contributed by atoms with E-state index in [1.54, 1.807) is 16.3 Å². The number of carbonyl (C=O) groups is 1. The minimum Gasteiger partial charge on any atom is -0.341 e. The number of hydrogen-bond acceptors (Lipinski definition) is 4.